The number of carbonyl (C=O) groups is 1. The number of anilines is 1. The van der Waals surface area contributed by atoms with E-state index in [9.17, 15) is 21.6 Å². The molecule has 32 heavy (non-hydrogen) atoms. The van der Waals surface area contributed by atoms with Gasteiger partial charge in [0, 0.05) is 40.3 Å². The average Bonchev–Trinajstić information content (AvgIpc) is 2.79. The number of nitrogens with zero attached hydrogens (tertiary/aromatic N) is 3. The number of benzene rings is 1. The van der Waals surface area contributed by atoms with Gasteiger partial charge in [-0.15, -0.1) is 0 Å². The van der Waals surface area contributed by atoms with E-state index in [1.807, 2.05) is 0 Å². The molecular weight excluding hydrogens is 456 g/mol. The van der Waals surface area contributed by atoms with Gasteiger partial charge in [0.1, 0.15) is 5.75 Å². The molecule has 1 N–H and O–H groups in total. The van der Waals surface area contributed by atoms with Crippen molar-refractivity contribution in [3.63, 3.8) is 0 Å². The smallest absolute Gasteiger partial charge is 0.281 e. The first-order valence-corrected chi connectivity index (χ1v) is 13.6. The number of methoxy groups -OCH3 is 1. The maximum absolute atomic E-state index is 13.0. The number of hydrogen-bond donors (Lipinski definition) is 1. The zero-order valence-corrected chi connectivity index (χ0v) is 20.4. The van der Waals surface area contributed by atoms with Gasteiger partial charge < -0.3 is 10.1 Å². The van der Waals surface area contributed by atoms with Crippen LogP contribution in [-0.4, -0.2) is 83.0 Å². The van der Waals surface area contributed by atoms with Crippen LogP contribution in [0, 0.1) is 5.92 Å². The Labute approximate surface area is 190 Å². The fourth-order valence-electron chi connectivity index (χ4n) is 4.03. The molecule has 1 amide bonds. The SMILES string of the molecule is COc1ccc(S(=O)(=O)N2CCCCC2)cc1NC(=O)[C@H]1CCCN(S(=O)(=O)N(C)C)C1. The summed E-state index contributed by atoms with van der Waals surface area (Å²) < 4.78 is 60.2. The van der Waals surface area contributed by atoms with E-state index in [1.165, 1.54) is 48.0 Å². The van der Waals surface area contributed by atoms with Gasteiger partial charge in [-0.2, -0.15) is 21.3 Å². The molecule has 0 spiro atoms. The molecule has 2 saturated heterocycles. The van der Waals surface area contributed by atoms with Crippen LogP contribution >= 0.6 is 0 Å². The Morgan fingerprint density at radius 1 is 1.03 bits per heavy atom. The van der Waals surface area contributed by atoms with E-state index in [1.54, 1.807) is 0 Å². The molecule has 0 unspecified atom stereocenters. The third-order valence-electron chi connectivity index (χ3n) is 5.92. The molecule has 2 fully saturated rings. The Morgan fingerprint density at radius 3 is 2.31 bits per heavy atom. The molecule has 2 aliphatic heterocycles. The minimum atomic E-state index is -3.67. The van der Waals surface area contributed by atoms with Gasteiger partial charge in [0.05, 0.1) is 23.6 Å². The summed E-state index contributed by atoms with van der Waals surface area (Å²) in [5.74, 6) is -0.579. The van der Waals surface area contributed by atoms with Crippen molar-refractivity contribution in [2.45, 2.75) is 37.0 Å². The van der Waals surface area contributed by atoms with Crippen molar-refractivity contribution < 1.29 is 26.4 Å². The highest BCUT2D eigenvalue weighted by Crippen LogP contribution is 2.31. The van der Waals surface area contributed by atoms with Crippen molar-refractivity contribution in [1.29, 1.82) is 0 Å². The Hall–Kier alpha value is -1.73. The van der Waals surface area contributed by atoms with Crippen LogP contribution in [-0.2, 0) is 25.0 Å². The van der Waals surface area contributed by atoms with Crippen molar-refractivity contribution in [3.8, 4) is 5.75 Å². The lowest BCUT2D eigenvalue weighted by atomic mass is 9.98. The molecule has 10 nitrogen and oxygen atoms in total. The molecule has 180 valence electrons. The first-order valence-electron chi connectivity index (χ1n) is 10.7. The van der Waals surface area contributed by atoms with E-state index in [0.717, 1.165) is 23.6 Å². The number of sulfonamides is 1. The van der Waals surface area contributed by atoms with Crippen LogP contribution in [0.2, 0.25) is 0 Å². The molecule has 1 aromatic carbocycles. The van der Waals surface area contributed by atoms with E-state index >= 15 is 0 Å². The van der Waals surface area contributed by atoms with Gasteiger partial charge in [-0.3, -0.25) is 4.79 Å². The molecule has 2 aliphatic rings. The topological polar surface area (TPSA) is 116 Å². The largest absolute Gasteiger partial charge is 0.495 e. The standard InChI is InChI=1S/C20H32N4O6S2/c1-22(2)32(28,29)24-13-7-8-16(15-24)20(25)21-18-14-17(9-10-19(18)30-3)31(26,27)23-11-5-4-6-12-23/h9-10,14,16H,4-8,11-13,15H2,1-3H3,(H,21,25)/t16-/m0/s1. The molecule has 0 radical (unpaired) electrons. The maximum Gasteiger partial charge on any atom is 0.281 e. The highest BCUT2D eigenvalue weighted by molar-refractivity contribution is 7.89. The molecule has 0 aromatic heterocycles. The predicted molar refractivity (Wildman–Crippen MR) is 121 cm³/mol. The van der Waals surface area contributed by atoms with E-state index < -0.39 is 26.2 Å². The second kappa shape index (κ2) is 10.0. The third-order valence-corrected chi connectivity index (χ3v) is 9.73. The van der Waals surface area contributed by atoms with Gasteiger partial charge in [-0.1, -0.05) is 6.42 Å². The summed E-state index contributed by atoms with van der Waals surface area (Å²) in [5.41, 5.74) is 0.253. The highest BCUT2D eigenvalue weighted by atomic mass is 32.2. The molecule has 3 rings (SSSR count). The molecule has 1 aromatic rings. The van der Waals surface area contributed by atoms with Crippen LogP contribution in [0.15, 0.2) is 23.1 Å². The quantitative estimate of drug-likeness (QED) is 0.619. The number of rotatable bonds is 7. The highest BCUT2D eigenvalue weighted by Gasteiger charge is 2.34. The first kappa shape index (κ1) is 24.9. The van der Waals surface area contributed by atoms with Crippen molar-refractivity contribution in [2.24, 2.45) is 5.92 Å². The fourth-order valence-corrected chi connectivity index (χ4v) is 6.77. The minimum absolute atomic E-state index is 0.0699. The van der Waals surface area contributed by atoms with Gasteiger partial charge in [-0.25, -0.2) is 8.42 Å². The Bertz CT molecular complexity index is 1040. The molecule has 12 heteroatoms. The second-order valence-electron chi connectivity index (χ2n) is 8.30. The minimum Gasteiger partial charge on any atom is -0.495 e. The summed E-state index contributed by atoms with van der Waals surface area (Å²) in [6.07, 6.45) is 3.77. The fraction of sp³-hybridized carbons (Fsp3) is 0.650. The molecular formula is C20H32N4O6S2. The number of amides is 1. The normalized spacial score (nSPS) is 21.4. The van der Waals surface area contributed by atoms with Crippen molar-refractivity contribution >= 4 is 31.8 Å². The van der Waals surface area contributed by atoms with Crippen LogP contribution in [0.3, 0.4) is 0 Å². The lowest BCUT2D eigenvalue weighted by molar-refractivity contribution is -0.120. The number of nitrogens with one attached hydrogen (secondary N) is 1. The summed E-state index contributed by atoms with van der Waals surface area (Å²) in [6, 6.07) is 4.42. The summed E-state index contributed by atoms with van der Waals surface area (Å²) in [4.78, 5) is 13.1. The van der Waals surface area contributed by atoms with Gasteiger partial charge in [0.15, 0.2) is 0 Å². The van der Waals surface area contributed by atoms with Crippen LogP contribution in [0.25, 0.3) is 0 Å². The Morgan fingerprint density at radius 2 is 1.69 bits per heavy atom. The molecule has 1 atom stereocenters. The third kappa shape index (κ3) is 5.25. The van der Waals surface area contributed by atoms with Crippen LogP contribution in [0.1, 0.15) is 32.1 Å². The molecule has 0 aliphatic carbocycles. The second-order valence-corrected chi connectivity index (χ2v) is 12.4. The Kier molecular flexibility index (Phi) is 7.81. The number of carbonyl (C=O) groups excluding carboxylic acids is 1. The zero-order valence-electron chi connectivity index (χ0n) is 18.8. The lowest BCUT2D eigenvalue weighted by Gasteiger charge is -2.32. The predicted octanol–water partition coefficient (Wildman–Crippen LogP) is 1.33. The summed E-state index contributed by atoms with van der Waals surface area (Å²) in [7, 11) is -2.93. The Balaban J connectivity index is 1.80. The van der Waals surface area contributed by atoms with Gasteiger partial charge in [0.25, 0.3) is 10.2 Å². The first-order chi connectivity index (χ1) is 15.1. The lowest BCUT2D eigenvalue weighted by Crippen LogP contribution is -2.47. The van der Waals surface area contributed by atoms with Crippen molar-refractivity contribution in [2.75, 3.05) is 52.7 Å². The monoisotopic (exact) mass is 488 g/mol. The average molecular weight is 489 g/mol. The van der Waals surface area contributed by atoms with Crippen LogP contribution < -0.4 is 10.1 Å². The van der Waals surface area contributed by atoms with E-state index in [4.69, 9.17) is 4.74 Å². The molecule has 2 heterocycles. The summed E-state index contributed by atoms with van der Waals surface area (Å²) in [5, 5.41) is 2.77. The summed E-state index contributed by atoms with van der Waals surface area (Å²) >= 11 is 0. The van der Waals surface area contributed by atoms with Gasteiger partial charge >= 0.3 is 0 Å². The molecule has 0 bridgehead atoms. The maximum atomic E-state index is 13.0. The number of ether oxygens (including phenoxy) is 1. The van der Waals surface area contributed by atoms with Gasteiger partial charge in [0.2, 0.25) is 15.9 Å². The zero-order chi connectivity index (χ0) is 23.5. The van der Waals surface area contributed by atoms with Crippen molar-refractivity contribution in [1.82, 2.24) is 12.9 Å². The summed E-state index contributed by atoms with van der Waals surface area (Å²) in [6.45, 7) is 1.39. The van der Waals surface area contributed by atoms with Crippen LogP contribution in [0.5, 0.6) is 5.75 Å². The van der Waals surface area contributed by atoms with E-state index in [-0.39, 0.29) is 23.0 Å². The number of piperidine rings is 2. The van der Waals surface area contributed by atoms with E-state index in [2.05, 4.69) is 5.32 Å². The number of hydrogen-bond acceptors (Lipinski definition) is 6. The van der Waals surface area contributed by atoms with Crippen LogP contribution in [0.4, 0.5) is 5.69 Å². The van der Waals surface area contributed by atoms with E-state index in [0.29, 0.717) is 38.2 Å². The van der Waals surface area contributed by atoms with Crippen molar-refractivity contribution in [3.05, 3.63) is 18.2 Å². The molecule has 0 saturated carbocycles. The van der Waals surface area contributed by atoms with Gasteiger partial charge in [-0.05, 0) is 43.9 Å².